The Kier molecular flexibility index (Phi) is 5.85. The van der Waals surface area contributed by atoms with Crippen LogP contribution < -0.4 is 15.5 Å². The second-order valence-electron chi connectivity index (χ2n) is 8.83. The van der Waals surface area contributed by atoms with E-state index < -0.39 is 11.0 Å². The summed E-state index contributed by atoms with van der Waals surface area (Å²) in [7, 11) is 0. The molecular formula is C22H26ClN5O2. The molecule has 0 saturated carbocycles. The van der Waals surface area contributed by atoms with E-state index in [0.29, 0.717) is 22.2 Å². The first-order valence-corrected chi connectivity index (χ1v) is 10.1. The molecule has 1 aromatic carbocycles. The van der Waals surface area contributed by atoms with Crippen molar-refractivity contribution in [2.24, 2.45) is 10.4 Å². The Labute approximate surface area is 181 Å². The third-order valence-corrected chi connectivity index (χ3v) is 4.87. The van der Waals surface area contributed by atoms with Gasteiger partial charge in [0.2, 0.25) is 11.9 Å². The molecule has 8 heteroatoms. The van der Waals surface area contributed by atoms with E-state index in [1.165, 1.54) is 0 Å². The highest BCUT2D eigenvalue weighted by molar-refractivity contribution is 6.30. The number of aliphatic imine (C=N–C) groups is 1. The minimum atomic E-state index is -0.668. The van der Waals surface area contributed by atoms with Gasteiger partial charge in [-0.25, -0.2) is 4.98 Å². The fourth-order valence-electron chi connectivity index (χ4n) is 3.00. The fraction of sp³-hybridized carbons (Fsp3) is 0.364. The third-order valence-electron chi connectivity index (χ3n) is 4.62. The molecule has 158 valence electrons. The van der Waals surface area contributed by atoms with Crippen LogP contribution in [0.3, 0.4) is 0 Å². The third kappa shape index (κ3) is 4.79. The minimum Gasteiger partial charge on any atom is -0.311 e. The molecule has 1 aliphatic heterocycles. The van der Waals surface area contributed by atoms with Gasteiger partial charge in [0.15, 0.2) is 0 Å². The van der Waals surface area contributed by atoms with Gasteiger partial charge in [-0.2, -0.15) is 0 Å². The lowest BCUT2D eigenvalue weighted by Crippen LogP contribution is -2.54. The summed E-state index contributed by atoms with van der Waals surface area (Å²) in [6.45, 7) is 9.75. The second-order valence-corrected chi connectivity index (χ2v) is 9.27. The van der Waals surface area contributed by atoms with Gasteiger partial charge in [-0.15, -0.1) is 0 Å². The maximum absolute atomic E-state index is 13.2. The van der Waals surface area contributed by atoms with E-state index in [0.717, 1.165) is 0 Å². The number of nitrogens with zero attached hydrogens (tertiary/aromatic N) is 3. The van der Waals surface area contributed by atoms with Crippen molar-refractivity contribution in [3.05, 3.63) is 53.1 Å². The first kappa shape index (κ1) is 21.8. The van der Waals surface area contributed by atoms with Crippen molar-refractivity contribution < 1.29 is 9.59 Å². The number of fused-ring (bicyclic) bond motifs is 2. The summed E-state index contributed by atoms with van der Waals surface area (Å²) in [5, 5.41) is 6.39. The molecule has 0 atom stereocenters. The Morgan fingerprint density at radius 2 is 1.80 bits per heavy atom. The van der Waals surface area contributed by atoms with Crippen molar-refractivity contribution >= 4 is 41.0 Å². The van der Waals surface area contributed by atoms with E-state index in [1.807, 2.05) is 40.7 Å². The van der Waals surface area contributed by atoms with E-state index in [2.05, 4.69) is 20.6 Å². The van der Waals surface area contributed by atoms with E-state index in [4.69, 9.17) is 11.6 Å². The van der Waals surface area contributed by atoms with Gasteiger partial charge in [-0.05, 0) is 50.2 Å². The summed E-state index contributed by atoms with van der Waals surface area (Å²) in [6, 6.07) is 11.9. The summed E-state index contributed by atoms with van der Waals surface area (Å²) >= 11 is 5.90. The zero-order chi connectivity index (χ0) is 22.1. The summed E-state index contributed by atoms with van der Waals surface area (Å²) in [5.74, 6) is 0.893. The highest BCUT2D eigenvalue weighted by atomic mass is 35.5. The summed E-state index contributed by atoms with van der Waals surface area (Å²) in [4.78, 5) is 36.7. The van der Waals surface area contributed by atoms with Gasteiger partial charge in [0.05, 0.1) is 12.1 Å². The second kappa shape index (κ2) is 8.07. The topological polar surface area (TPSA) is 86.7 Å². The molecule has 0 spiro atoms. The normalized spacial score (nSPS) is 15.8. The van der Waals surface area contributed by atoms with Gasteiger partial charge >= 0.3 is 0 Å². The Hall–Kier alpha value is -2.93. The lowest BCUT2D eigenvalue weighted by atomic mass is 9.91. The van der Waals surface area contributed by atoms with Gasteiger partial charge in [-0.3, -0.25) is 24.8 Å². The molecule has 0 fully saturated rings. The number of hydrogen-bond acceptors (Lipinski definition) is 5. The monoisotopic (exact) mass is 427 g/mol. The molecular weight excluding hydrogens is 402 g/mol. The number of guanidine groups is 1. The van der Waals surface area contributed by atoms with Crippen LogP contribution in [0.4, 0.5) is 11.6 Å². The van der Waals surface area contributed by atoms with Crippen LogP contribution in [0.25, 0.3) is 0 Å². The van der Waals surface area contributed by atoms with Crippen LogP contribution in [-0.2, 0) is 4.79 Å². The lowest BCUT2D eigenvalue weighted by Gasteiger charge is -2.40. The zero-order valence-corrected chi connectivity index (χ0v) is 18.5. The molecule has 7 nitrogen and oxygen atoms in total. The highest BCUT2D eigenvalue weighted by Crippen LogP contribution is 2.30. The predicted molar refractivity (Wildman–Crippen MR) is 120 cm³/mol. The predicted octanol–water partition coefficient (Wildman–Crippen LogP) is 4.10. The number of pyridine rings is 1. The van der Waals surface area contributed by atoms with Gasteiger partial charge in [0, 0.05) is 16.0 Å². The van der Waals surface area contributed by atoms with Crippen LogP contribution in [0.5, 0.6) is 0 Å². The highest BCUT2D eigenvalue weighted by Gasteiger charge is 2.39. The molecule has 2 heterocycles. The Morgan fingerprint density at radius 1 is 1.13 bits per heavy atom. The Morgan fingerprint density at radius 3 is 2.43 bits per heavy atom. The van der Waals surface area contributed by atoms with Crippen LogP contribution in [0.15, 0.2) is 47.5 Å². The van der Waals surface area contributed by atoms with Gasteiger partial charge in [0.1, 0.15) is 11.6 Å². The molecule has 0 saturated heterocycles. The van der Waals surface area contributed by atoms with Gasteiger partial charge in [0.25, 0.3) is 5.91 Å². The average molecular weight is 428 g/mol. The van der Waals surface area contributed by atoms with E-state index in [9.17, 15) is 9.59 Å². The van der Waals surface area contributed by atoms with E-state index in [1.54, 1.807) is 41.3 Å². The Balaban J connectivity index is 1.95. The van der Waals surface area contributed by atoms with Gasteiger partial charge < -0.3 is 5.32 Å². The number of carbonyl (C=O) groups is 2. The molecule has 2 bridgehead atoms. The largest absolute Gasteiger partial charge is 0.311 e. The minimum absolute atomic E-state index is 0.0546. The van der Waals surface area contributed by atoms with Crippen LogP contribution >= 0.6 is 11.6 Å². The molecule has 1 aliphatic rings. The fourth-order valence-corrected chi connectivity index (χ4v) is 3.12. The number of carbonyl (C=O) groups excluding carboxylic acids is 2. The first-order chi connectivity index (χ1) is 14.0. The van der Waals surface area contributed by atoms with Crippen LogP contribution in [0.1, 0.15) is 45.0 Å². The maximum atomic E-state index is 13.2. The smallest absolute Gasteiger partial charge is 0.257 e. The Bertz CT molecular complexity index is 993. The molecule has 2 N–H and O–H groups in total. The van der Waals surface area contributed by atoms with Crippen molar-refractivity contribution in [2.75, 3.05) is 16.8 Å². The molecule has 1 aromatic heterocycles. The lowest BCUT2D eigenvalue weighted by molar-refractivity contribution is -0.126. The van der Waals surface area contributed by atoms with E-state index in [-0.39, 0.29) is 24.3 Å². The molecule has 0 unspecified atom stereocenters. The van der Waals surface area contributed by atoms with E-state index >= 15 is 0 Å². The first-order valence-electron chi connectivity index (χ1n) is 9.67. The van der Waals surface area contributed by atoms with Crippen molar-refractivity contribution in [3.63, 3.8) is 0 Å². The SMILES string of the molecule is CC(C)(C)C(=O)N1c2cccc(n2)NC(NC(=O)c2ccc(Cl)cc2)=NCC1(C)C. The average Bonchev–Trinajstić information content (AvgIpc) is 2.68. The number of aromatic nitrogens is 1. The molecule has 0 aliphatic carbocycles. The van der Waals surface area contributed by atoms with Gasteiger partial charge in [-0.1, -0.05) is 38.4 Å². The van der Waals surface area contributed by atoms with Crippen molar-refractivity contribution in [2.45, 2.75) is 40.2 Å². The zero-order valence-electron chi connectivity index (χ0n) is 17.8. The number of anilines is 2. The van der Waals surface area contributed by atoms with Crippen LogP contribution in [0.2, 0.25) is 5.02 Å². The molecule has 3 rings (SSSR count). The number of halogens is 1. The molecule has 30 heavy (non-hydrogen) atoms. The molecule has 2 aromatic rings. The van der Waals surface area contributed by atoms with Crippen molar-refractivity contribution in [1.82, 2.24) is 10.3 Å². The number of nitrogens with one attached hydrogen (secondary N) is 2. The standard InChI is InChI=1S/C22H26ClN5O2/c1-21(2,3)19(30)28-17-8-6-7-16(25-17)26-20(24-13-22(28,4)5)27-18(29)14-9-11-15(23)12-10-14/h6-12H,13H2,1-5H3,(H2,24,25,26,27,29). The number of hydrogen-bond donors (Lipinski definition) is 2. The summed E-state index contributed by atoms with van der Waals surface area (Å²) in [5.41, 5.74) is -0.807. The van der Waals surface area contributed by atoms with Crippen LogP contribution in [-0.4, -0.2) is 34.8 Å². The maximum Gasteiger partial charge on any atom is 0.257 e. The summed E-state index contributed by atoms with van der Waals surface area (Å²) in [6.07, 6.45) is 0. The number of rotatable bonds is 1. The molecule has 2 amide bonds. The quantitative estimate of drug-likeness (QED) is 0.717. The number of benzene rings is 1. The van der Waals surface area contributed by atoms with Crippen molar-refractivity contribution in [1.29, 1.82) is 0 Å². The van der Waals surface area contributed by atoms with Crippen LogP contribution in [0, 0.1) is 5.41 Å². The molecule has 0 radical (unpaired) electrons. The summed E-state index contributed by atoms with van der Waals surface area (Å²) < 4.78 is 0. The van der Waals surface area contributed by atoms with Crippen molar-refractivity contribution in [3.8, 4) is 0 Å². The number of amides is 2.